The van der Waals surface area contributed by atoms with Gasteiger partial charge in [0.05, 0.1) is 11.3 Å². The van der Waals surface area contributed by atoms with Crippen LogP contribution in [-0.2, 0) is 9.84 Å². The van der Waals surface area contributed by atoms with Crippen molar-refractivity contribution >= 4 is 9.84 Å². The van der Waals surface area contributed by atoms with Gasteiger partial charge in [0.15, 0.2) is 9.84 Å². The number of nitrogens with zero attached hydrogens (tertiary/aromatic N) is 2. The second-order valence-corrected chi connectivity index (χ2v) is 8.07. The molecule has 0 aliphatic rings. The molecule has 2 aromatic heterocycles. The molecule has 7 heteroatoms. The fourth-order valence-corrected chi connectivity index (χ4v) is 3.62. The Morgan fingerprint density at radius 2 is 1.77 bits per heavy atom. The minimum atomic E-state index is -3.75. The van der Waals surface area contributed by atoms with Gasteiger partial charge in [0.1, 0.15) is 10.7 Å². The highest BCUT2D eigenvalue weighted by atomic mass is 32.2. The van der Waals surface area contributed by atoms with Gasteiger partial charge in [0.25, 0.3) is 5.56 Å². The van der Waals surface area contributed by atoms with Gasteiger partial charge in [0, 0.05) is 29.9 Å². The Morgan fingerprint density at radius 1 is 1.04 bits per heavy atom. The largest absolute Gasteiger partial charge is 0.281 e. The standard InChI is InChI=1S/C19H17FN2O3S/c1-12-11-21-10-9-16(12)22-13(2)7-8-15(19(22)23)14-5-4-6-17(18(14)20)26(3,24)25/h4-11H,1-3H3. The molecule has 0 aliphatic heterocycles. The first kappa shape index (κ1) is 18.0. The van der Waals surface area contributed by atoms with Crippen molar-refractivity contribution in [2.45, 2.75) is 18.7 Å². The zero-order valence-corrected chi connectivity index (χ0v) is 15.3. The maximum Gasteiger partial charge on any atom is 0.263 e. The summed E-state index contributed by atoms with van der Waals surface area (Å²) in [5, 5.41) is 0. The minimum Gasteiger partial charge on any atom is -0.281 e. The summed E-state index contributed by atoms with van der Waals surface area (Å²) in [5.74, 6) is -0.922. The molecule has 1 aromatic carbocycles. The summed E-state index contributed by atoms with van der Waals surface area (Å²) < 4.78 is 39.8. The fourth-order valence-electron chi connectivity index (χ4n) is 2.86. The van der Waals surface area contributed by atoms with E-state index in [0.717, 1.165) is 11.8 Å². The lowest BCUT2D eigenvalue weighted by atomic mass is 10.1. The van der Waals surface area contributed by atoms with Crippen molar-refractivity contribution in [3.05, 3.63) is 76.2 Å². The van der Waals surface area contributed by atoms with Gasteiger partial charge in [-0.1, -0.05) is 12.1 Å². The Hall–Kier alpha value is -2.80. The minimum absolute atomic E-state index is 0.0432. The van der Waals surface area contributed by atoms with E-state index >= 15 is 0 Å². The van der Waals surface area contributed by atoms with E-state index in [1.54, 1.807) is 31.5 Å². The summed E-state index contributed by atoms with van der Waals surface area (Å²) in [5.41, 5.74) is 1.73. The van der Waals surface area contributed by atoms with Crippen LogP contribution in [0.25, 0.3) is 16.8 Å². The second-order valence-electron chi connectivity index (χ2n) is 6.08. The number of hydrogen-bond donors (Lipinski definition) is 0. The fraction of sp³-hybridized carbons (Fsp3) is 0.158. The maximum atomic E-state index is 14.8. The van der Waals surface area contributed by atoms with E-state index in [-0.39, 0.29) is 11.1 Å². The molecule has 0 atom stereocenters. The molecule has 3 rings (SSSR count). The van der Waals surface area contributed by atoms with E-state index in [9.17, 15) is 17.6 Å². The van der Waals surface area contributed by atoms with Crippen molar-refractivity contribution in [2.24, 2.45) is 0 Å². The molecular weight excluding hydrogens is 355 g/mol. The number of benzene rings is 1. The van der Waals surface area contributed by atoms with Crippen molar-refractivity contribution in [2.75, 3.05) is 6.26 Å². The molecule has 0 radical (unpaired) electrons. The molecule has 0 spiro atoms. The molecule has 0 aliphatic carbocycles. The molecule has 0 bridgehead atoms. The van der Waals surface area contributed by atoms with Crippen LogP contribution in [0.4, 0.5) is 4.39 Å². The van der Waals surface area contributed by atoms with Gasteiger partial charge in [-0.25, -0.2) is 12.8 Å². The van der Waals surface area contributed by atoms with Crippen LogP contribution < -0.4 is 5.56 Å². The average Bonchev–Trinajstić information content (AvgIpc) is 2.56. The molecule has 0 fully saturated rings. The van der Waals surface area contributed by atoms with E-state index in [4.69, 9.17) is 0 Å². The zero-order chi connectivity index (χ0) is 19.1. The molecule has 0 saturated carbocycles. The number of pyridine rings is 2. The van der Waals surface area contributed by atoms with Gasteiger partial charge < -0.3 is 0 Å². The molecule has 26 heavy (non-hydrogen) atoms. The maximum absolute atomic E-state index is 14.8. The molecule has 134 valence electrons. The number of rotatable bonds is 3. The van der Waals surface area contributed by atoms with Gasteiger partial charge >= 0.3 is 0 Å². The Balaban J connectivity index is 2.33. The molecule has 5 nitrogen and oxygen atoms in total. The van der Waals surface area contributed by atoms with Crippen LogP contribution in [0.3, 0.4) is 0 Å². The van der Waals surface area contributed by atoms with Crippen LogP contribution in [0, 0.1) is 19.7 Å². The third kappa shape index (κ3) is 3.06. The van der Waals surface area contributed by atoms with Gasteiger partial charge in [-0.2, -0.15) is 0 Å². The Morgan fingerprint density at radius 3 is 2.42 bits per heavy atom. The number of halogens is 1. The summed E-state index contributed by atoms with van der Waals surface area (Å²) in [6.07, 6.45) is 4.15. The lowest BCUT2D eigenvalue weighted by Crippen LogP contribution is -2.23. The van der Waals surface area contributed by atoms with Gasteiger partial charge in [-0.05, 0) is 43.7 Å². The Bertz CT molecular complexity index is 1170. The molecule has 0 unspecified atom stereocenters. The summed E-state index contributed by atoms with van der Waals surface area (Å²) in [4.78, 5) is 16.7. The van der Waals surface area contributed by atoms with Crippen molar-refractivity contribution in [1.29, 1.82) is 0 Å². The van der Waals surface area contributed by atoms with Crippen molar-refractivity contribution in [3.63, 3.8) is 0 Å². The molecule has 2 heterocycles. The monoisotopic (exact) mass is 372 g/mol. The van der Waals surface area contributed by atoms with Crippen molar-refractivity contribution in [1.82, 2.24) is 9.55 Å². The summed E-state index contributed by atoms with van der Waals surface area (Å²) in [6.45, 7) is 3.60. The number of hydrogen-bond acceptors (Lipinski definition) is 4. The van der Waals surface area contributed by atoms with Crippen LogP contribution in [0.15, 0.2) is 58.5 Å². The third-order valence-corrected chi connectivity index (χ3v) is 5.28. The first-order valence-electron chi connectivity index (χ1n) is 7.84. The van der Waals surface area contributed by atoms with Crippen LogP contribution in [0.2, 0.25) is 0 Å². The van der Waals surface area contributed by atoms with Gasteiger partial charge in [-0.15, -0.1) is 0 Å². The summed E-state index contributed by atoms with van der Waals surface area (Å²) in [7, 11) is -3.75. The number of aromatic nitrogens is 2. The molecule has 0 saturated heterocycles. The smallest absolute Gasteiger partial charge is 0.263 e. The first-order valence-corrected chi connectivity index (χ1v) is 9.73. The molecule has 0 N–H and O–H groups in total. The number of aryl methyl sites for hydroxylation is 2. The lowest BCUT2D eigenvalue weighted by Gasteiger charge is -2.15. The van der Waals surface area contributed by atoms with E-state index in [2.05, 4.69) is 4.98 Å². The van der Waals surface area contributed by atoms with E-state index in [1.807, 2.05) is 6.92 Å². The lowest BCUT2D eigenvalue weighted by molar-refractivity contribution is 0.572. The topological polar surface area (TPSA) is 69.0 Å². The van der Waals surface area contributed by atoms with Crippen LogP contribution >= 0.6 is 0 Å². The molecular formula is C19H17FN2O3S. The van der Waals surface area contributed by atoms with E-state index < -0.39 is 26.1 Å². The predicted octanol–water partition coefficient (Wildman–Crippen LogP) is 3.06. The first-order chi connectivity index (χ1) is 12.2. The Kier molecular flexibility index (Phi) is 4.50. The highest BCUT2D eigenvalue weighted by Crippen LogP contribution is 2.26. The second kappa shape index (κ2) is 6.49. The van der Waals surface area contributed by atoms with Gasteiger partial charge in [0.2, 0.25) is 0 Å². The zero-order valence-electron chi connectivity index (χ0n) is 14.5. The SMILES string of the molecule is Cc1cnccc1-n1c(C)ccc(-c2cccc(S(C)(=O)=O)c2F)c1=O. The molecule has 3 aromatic rings. The summed E-state index contributed by atoms with van der Waals surface area (Å²) >= 11 is 0. The average molecular weight is 372 g/mol. The van der Waals surface area contributed by atoms with Crippen molar-refractivity contribution < 1.29 is 12.8 Å². The Labute approximate surface area is 150 Å². The van der Waals surface area contributed by atoms with E-state index in [0.29, 0.717) is 11.4 Å². The predicted molar refractivity (Wildman–Crippen MR) is 97.8 cm³/mol. The van der Waals surface area contributed by atoms with E-state index in [1.165, 1.54) is 28.8 Å². The van der Waals surface area contributed by atoms with Crippen LogP contribution in [-0.4, -0.2) is 24.2 Å². The quantitative estimate of drug-likeness (QED) is 0.709. The highest BCUT2D eigenvalue weighted by Gasteiger charge is 2.20. The molecule has 0 amide bonds. The van der Waals surface area contributed by atoms with Crippen LogP contribution in [0.1, 0.15) is 11.3 Å². The van der Waals surface area contributed by atoms with Crippen LogP contribution in [0.5, 0.6) is 0 Å². The van der Waals surface area contributed by atoms with Crippen molar-refractivity contribution in [3.8, 4) is 16.8 Å². The third-order valence-electron chi connectivity index (χ3n) is 4.16. The summed E-state index contributed by atoms with van der Waals surface area (Å²) in [6, 6.07) is 8.93. The normalized spacial score (nSPS) is 11.5. The highest BCUT2D eigenvalue weighted by molar-refractivity contribution is 7.90. The van der Waals surface area contributed by atoms with Gasteiger partial charge in [-0.3, -0.25) is 14.3 Å². The number of sulfone groups is 1.